The zero-order valence-electron chi connectivity index (χ0n) is 19.1. The van der Waals surface area contributed by atoms with Crippen LogP contribution in [0.5, 0.6) is 5.75 Å². The van der Waals surface area contributed by atoms with Crippen LogP contribution in [0.1, 0.15) is 61.7 Å². The van der Waals surface area contributed by atoms with Crippen LogP contribution in [0.15, 0.2) is 24.3 Å². The predicted octanol–water partition coefficient (Wildman–Crippen LogP) is -0.218. The van der Waals surface area contributed by atoms with Crippen LogP contribution < -0.4 is 26.5 Å². The van der Waals surface area contributed by atoms with Crippen LogP contribution in [0.25, 0.3) is 0 Å². The van der Waals surface area contributed by atoms with Gasteiger partial charge in [0.15, 0.2) is 0 Å². The Labute approximate surface area is 204 Å². The second kappa shape index (κ2) is 15.0. The summed E-state index contributed by atoms with van der Waals surface area (Å²) in [4.78, 5) is 70.3. The summed E-state index contributed by atoms with van der Waals surface area (Å²) < 4.78 is 5.06. The second-order valence-electron chi connectivity index (χ2n) is 7.74. The van der Waals surface area contributed by atoms with E-state index in [4.69, 9.17) is 25.5 Å². The lowest BCUT2D eigenvalue weighted by molar-refractivity contribution is -0.137. The largest absolute Gasteiger partial charge is 0.478 e. The molecule has 1 aromatic carbocycles. The first-order valence-corrected chi connectivity index (χ1v) is 10.7. The highest BCUT2D eigenvalue weighted by atomic mass is 16.5. The minimum Gasteiger partial charge on any atom is -0.478 e. The lowest BCUT2D eigenvalue weighted by Gasteiger charge is -2.35. The number of carbonyl (C=O) groups excluding carboxylic acids is 5. The molecule has 0 aromatic heterocycles. The van der Waals surface area contributed by atoms with Gasteiger partial charge in [0.25, 0.3) is 0 Å². The van der Waals surface area contributed by atoms with E-state index < -0.39 is 41.1 Å². The molecule has 8 N–H and O–H groups in total. The molecule has 0 heterocycles. The minimum atomic E-state index is -1.36. The fraction of sp³-hybridized carbons (Fsp3) is 0.429. The molecule has 0 saturated carbocycles. The number of esters is 1. The number of hydrogen-bond acceptors (Lipinski definition) is 10. The number of carbonyl (C=O) groups is 6. The van der Waals surface area contributed by atoms with Crippen molar-refractivity contribution in [2.24, 2.45) is 0 Å². The van der Waals surface area contributed by atoms with E-state index in [-0.39, 0.29) is 62.7 Å². The van der Waals surface area contributed by atoms with Crippen molar-refractivity contribution in [3.63, 3.8) is 0 Å². The van der Waals surface area contributed by atoms with Crippen molar-refractivity contribution in [2.45, 2.75) is 56.9 Å². The van der Waals surface area contributed by atoms with Gasteiger partial charge in [0.05, 0.1) is 12.0 Å². The number of carboxylic acids is 1. The van der Waals surface area contributed by atoms with Gasteiger partial charge in [-0.05, 0) is 43.5 Å². The first-order chi connectivity index (χ1) is 17.0. The third-order valence-electron chi connectivity index (χ3n) is 5.16. The van der Waals surface area contributed by atoms with Crippen molar-refractivity contribution in [3.8, 4) is 5.75 Å². The van der Waals surface area contributed by atoms with Crippen molar-refractivity contribution < 1.29 is 54.2 Å². The summed E-state index contributed by atoms with van der Waals surface area (Å²) in [6, 6.07) is 5.02. The maximum absolute atomic E-state index is 12.6. The molecule has 15 heteroatoms. The number of benzene rings is 1. The molecule has 0 fully saturated rings. The molecule has 1 rings (SSSR count). The fourth-order valence-corrected chi connectivity index (χ4v) is 3.21. The highest BCUT2D eigenvalue weighted by Crippen LogP contribution is 2.26. The molecule has 0 spiro atoms. The van der Waals surface area contributed by atoms with Gasteiger partial charge >= 0.3 is 11.9 Å². The third-order valence-corrected chi connectivity index (χ3v) is 5.16. The Balaban J connectivity index is 2.88. The smallest absolute Gasteiger partial charge is 0.335 e. The maximum atomic E-state index is 12.6. The highest BCUT2D eigenvalue weighted by Gasteiger charge is 2.33. The van der Waals surface area contributed by atoms with Gasteiger partial charge in [-0.1, -0.05) is 0 Å². The highest BCUT2D eigenvalue weighted by molar-refractivity contribution is 5.88. The van der Waals surface area contributed by atoms with Gasteiger partial charge in [0.1, 0.15) is 5.75 Å². The molecule has 0 atom stereocenters. The Morgan fingerprint density at radius 2 is 1.11 bits per heavy atom. The topological polar surface area (TPSA) is 241 Å². The quantitative estimate of drug-likeness (QED) is 0.0661. The standard InChI is InChI=1S/C21H28N4O11/c26-15(5-6-19(30)36-14-3-1-13(2-4-14)20(31)32)22-21(10-7-16(27)23-33,11-8-17(28)24-34)12-9-18(29)25-35/h1-4,33-35H,5-12H2,(H,22,26)(H,23,27)(H,24,28)(H,25,29)(H,31,32). The third kappa shape index (κ3) is 10.9. The van der Waals surface area contributed by atoms with E-state index in [1.807, 2.05) is 0 Å². The van der Waals surface area contributed by atoms with Crippen molar-refractivity contribution in [1.29, 1.82) is 0 Å². The molecule has 0 bridgehead atoms. The van der Waals surface area contributed by atoms with Gasteiger partial charge in [-0.2, -0.15) is 0 Å². The molecule has 0 saturated heterocycles. The Morgan fingerprint density at radius 1 is 0.667 bits per heavy atom. The van der Waals surface area contributed by atoms with E-state index >= 15 is 0 Å². The number of hydrogen-bond donors (Lipinski definition) is 8. The summed E-state index contributed by atoms with van der Waals surface area (Å²) in [6.07, 6.45) is -2.10. The molecule has 0 radical (unpaired) electrons. The molecule has 0 aliphatic carbocycles. The lowest BCUT2D eigenvalue weighted by atomic mass is 9.83. The van der Waals surface area contributed by atoms with Crippen LogP contribution in [-0.4, -0.2) is 61.8 Å². The number of hydroxylamine groups is 3. The maximum Gasteiger partial charge on any atom is 0.335 e. The van der Waals surface area contributed by atoms with E-state index in [0.29, 0.717) is 0 Å². The van der Waals surface area contributed by atoms with Crippen LogP contribution in [0.4, 0.5) is 0 Å². The molecule has 198 valence electrons. The molecular weight excluding hydrogens is 484 g/mol. The molecule has 0 unspecified atom stereocenters. The summed E-state index contributed by atoms with van der Waals surface area (Å²) in [7, 11) is 0. The fourth-order valence-electron chi connectivity index (χ4n) is 3.21. The molecule has 1 aromatic rings. The zero-order chi connectivity index (χ0) is 27.1. The Morgan fingerprint density at radius 3 is 1.50 bits per heavy atom. The van der Waals surface area contributed by atoms with E-state index in [9.17, 15) is 28.8 Å². The van der Waals surface area contributed by atoms with Crippen LogP contribution in [0.2, 0.25) is 0 Å². The summed E-state index contributed by atoms with van der Waals surface area (Å²) in [6.45, 7) is 0. The zero-order valence-corrected chi connectivity index (χ0v) is 19.1. The van der Waals surface area contributed by atoms with E-state index in [1.54, 1.807) is 0 Å². The molecule has 15 nitrogen and oxygen atoms in total. The Kier molecular flexibility index (Phi) is 12.5. The van der Waals surface area contributed by atoms with Gasteiger partial charge in [0, 0.05) is 31.2 Å². The average molecular weight is 512 g/mol. The summed E-state index contributed by atoms with van der Waals surface area (Å²) >= 11 is 0. The van der Waals surface area contributed by atoms with E-state index in [1.165, 1.54) is 40.7 Å². The second-order valence-corrected chi connectivity index (χ2v) is 7.74. The summed E-state index contributed by atoms with van der Waals surface area (Å²) in [5.41, 5.74) is 2.92. The van der Waals surface area contributed by atoms with Gasteiger partial charge in [0.2, 0.25) is 23.6 Å². The minimum absolute atomic E-state index is 0.00912. The Hall–Kier alpha value is -4.08. The number of amides is 4. The Bertz CT molecular complexity index is 899. The van der Waals surface area contributed by atoms with E-state index in [2.05, 4.69) is 5.32 Å². The van der Waals surface area contributed by atoms with Gasteiger partial charge < -0.3 is 15.2 Å². The molecule has 0 aliphatic rings. The number of ether oxygens (including phenoxy) is 1. The first kappa shape index (κ1) is 30.0. The summed E-state index contributed by atoms with van der Waals surface area (Å²) in [5.74, 6) is -4.97. The monoisotopic (exact) mass is 512 g/mol. The van der Waals surface area contributed by atoms with Crippen LogP contribution in [-0.2, 0) is 24.0 Å². The normalized spacial score (nSPS) is 10.6. The number of aromatic carboxylic acids is 1. The van der Waals surface area contributed by atoms with Crippen molar-refractivity contribution >= 4 is 35.6 Å². The number of rotatable bonds is 15. The van der Waals surface area contributed by atoms with Crippen molar-refractivity contribution in [3.05, 3.63) is 29.8 Å². The SMILES string of the molecule is O=C(CCC(CCC(=O)NO)(CCC(=O)NO)NC(=O)CCC(=O)Oc1ccc(C(=O)O)cc1)NO. The first-order valence-electron chi connectivity index (χ1n) is 10.7. The molecule has 0 aliphatic heterocycles. The predicted molar refractivity (Wildman–Crippen MR) is 117 cm³/mol. The van der Waals surface area contributed by atoms with Crippen molar-refractivity contribution in [1.82, 2.24) is 21.8 Å². The van der Waals surface area contributed by atoms with Gasteiger partial charge in [-0.15, -0.1) is 0 Å². The molecular formula is C21H28N4O11. The molecule has 4 amide bonds. The van der Waals surface area contributed by atoms with E-state index in [0.717, 1.165) is 0 Å². The average Bonchev–Trinajstić information content (AvgIpc) is 2.87. The van der Waals surface area contributed by atoms with Crippen molar-refractivity contribution in [2.75, 3.05) is 0 Å². The number of nitrogens with one attached hydrogen (secondary N) is 4. The van der Waals surface area contributed by atoms with Crippen LogP contribution >= 0.6 is 0 Å². The van der Waals surface area contributed by atoms with Crippen LogP contribution in [0.3, 0.4) is 0 Å². The molecule has 36 heavy (non-hydrogen) atoms. The number of carboxylic acid groups (broad SMARTS) is 1. The lowest BCUT2D eigenvalue weighted by Crippen LogP contribution is -2.50. The summed E-state index contributed by atoms with van der Waals surface area (Å²) in [5, 5.41) is 37.8. The van der Waals surface area contributed by atoms with Crippen LogP contribution in [0, 0.1) is 0 Å². The van der Waals surface area contributed by atoms with Gasteiger partial charge in [-0.25, -0.2) is 21.2 Å². The van der Waals surface area contributed by atoms with Gasteiger partial charge in [-0.3, -0.25) is 39.6 Å².